The lowest BCUT2D eigenvalue weighted by Gasteiger charge is -2.15. The lowest BCUT2D eigenvalue weighted by Crippen LogP contribution is -2.27. The largest absolute Gasteiger partial charge is 0.490 e. The number of carboxylic acid groups (broad SMARTS) is 1. The summed E-state index contributed by atoms with van der Waals surface area (Å²) in [5.74, 6) is 0.617. The van der Waals surface area contributed by atoms with Crippen LogP contribution < -0.4 is 14.4 Å². The van der Waals surface area contributed by atoms with E-state index in [9.17, 15) is 14.7 Å². The van der Waals surface area contributed by atoms with Gasteiger partial charge in [0.05, 0.1) is 16.2 Å². The van der Waals surface area contributed by atoms with Gasteiger partial charge in [0, 0.05) is 0 Å². The van der Waals surface area contributed by atoms with Crippen LogP contribution in [0.25, 0.3) is 6.08 Å². The van der Waals surface area contributed by atoms with Gasteiger partial charge < -0.3 is 14.6 Å². The number of carbonyl (C=O) groups excluding carboxylic acids is 1. The van der Waals surface area contributed by atoms with Gasteiger partial charge in [-0.3, -0.25) is 9.69 Å². The van der Waals surface area contributed by atoms with Crippen LogP contribution in [0.4, 0.5) is 5.69 Å². The Balaban J connectivity index is 1.36. The maximum absolute atomic E-state index is 13.0. The van der Waals surface area contributed by atoms with Crippen molar-refractivity contribution >= 4 is 51.9 Å². The molecule has 0 unspecified atom stereocenters. The van der Waals surface area contributed by atoms with Gasteiger partial charge in [-0.2, -0.15) is 0 Å². The van der Waals surface area contributed by atoms with Crippen molar-refractivity contribution in [1.29, 1.82) is 0 Å². The molecule has 1 heterocycles. The predicted octanol–water partition coefficient (Wildman–Crippen LogP) is 6.68. The highest BCUT2D eigenvalue weighted by Crippen LogP contribution is 2.36. The number of thiocarbonyl (C=S) groups is 1. The van der Waals surface area contributed by atoms with E-state index in [4.69, 9.17) is 21.7 Å². The van der Waals surface area contributed by atoms with Crippen LogP contribution in [-0.2, 0) is 4.79 Å². The number of ether oxygens (including phenoxy) is 2. The molecule has 1 aliphatic heterocycles. The summed E-state index contributed by atoms with van der Waals surface area (Å²) in [5, 5.41) is 9.24. The number of nitrogens with zero attached hydrogens (tertiary/aromatic N) is 1. The van der Waals surface area contributed by atoms with E-state index >= 15 is 0 Å². The van der Waals surface area contributed by atoms with Crippen molar-refractivity contribution in [3.8, 4) is 11.5 Å². The first-order chi connectivity index (χ1) is 17.7. The van der Waals surface area contributed by atoms with Gasteiger partial charge >= 0.3 is 5.97 Å². The van der Waals surface area contributed by atoms with Gasteiger partial charge in [0.15, 0.2) is 4.32 Å². The molecule has 0 aromatic heterocycles. The van der Waals surface area contributed by atoms with Gasteiger partial charge in [-0.05, 0) is 72.0 Å². The zero-order valence-corrected chi connectivity index (χ0v) is 22.4. The molecular formula is C29H27NO5S2. The summed E-state index contributed by atoms with van der Waals surface area (Å²) in [7, 11) is 0. The van der Waals surface area contributed by atoms with E-state index in [0.29, 0.717) is 39.8 Å². The third-order valence-corrected chi connectivity index (χ3v) is 7.03. The second kappa shape index (κ2) is 11.6. The van der Waals surface area contributed by atoms with Crippen LogP contribution in [0.3, 0.4) is 0 Å². The van der Waals surface area contributed by atoms with E-state index in [1.165, 1.54) is 34.4 Å². The Morgan fingerprint density at radius 2 is 1.78 bits per heavy atom. The number of aromatic carboxylic acids is 1. The Hall–Kier alpha value is -3.62. The van der Waals surface area contributed by atoms with Gasteiger partial charge in [0.25, 0.3) is 5.91 Å². The van der Waals surface area contributed by atoms with Crippen molar-refractivity contribution in [1.82, 2.24) is 0 Å². The smallest absolute Gasteiger partial charge is 0.335 e. The van der Waals surface area contributed by atoms with Crippen molar-refractivity contribution in [2.24, 2.45) is 0 Å². The van der Waals surface area contributed by atoms with E-state index in [1.807, 2.05) is 31.2 Å². The summed E-state index contributed by atoms with van der Waals surface area (Å²) < 4.78 is 12.2. The Morgan fingerprint density at radius 1 is 1.05 bits per heavy atom. The summed E-state index contributed by atoms with van der Waals surface area (Å²) in [6.07, 6.45) is 1.76. The molecule has 37 heavy (non-hydrogen) atoms. The molecule has 3 aromatic rings. The van der Waals surface area contributed by atoms with Crippen molar-refractivity contribution in [3.63, 3.8) is 0 Å². The van der Waals surface area contributed by atoms with E-state index in [0.717, 1.165) is 16.9 Å². The van der Waals surface area contributed by atoms with Crippen LogP contribution in [-0.4, -0.2) is 34.5 Å². The van der Waals surface area contributed by atoms with Crippen LogP contribution in [0.15, 0.2) is 71.6 Å². The van der Waals surface area contributed by atoms with Crippen molar-refractivity contribution in [2.75, 3.05) is 18.1 Å². The SMILES string of the molecule is Cc1ccc(C(C)C)c(OCCOc2ccc(/C=C3\SC(=S)N(c4cccc(C(=O)O)c4)C3=O)cc2)c1. The summed E-state index contributed by atoms with van der Waals surface area (Å²) in [4.78, 5) is 26.1. The van der Waals surface area contributed by atoms with Crippen LogP contribution >= 0.6 is 24.0 Å². The lowest BCUT2D eigenvalue weighted by atomic mass is 10.0. The molecule has 1 saturated heterocycles. The molecule has 1 amide bonds. The Labute approximate surface area is 225 Å². The molecule has 6 nitrogen and oxygen atoms in total. The number of anilines is 1. The van der Waals surface area contributed by atoms with E-state index in [2.05, 4.69) is 32.0 Å². The zero-order chi connectivity index (χ0) is 26.5. The third-order valence-electron chi connectivity index (χ3n) is 5.72. The highest BCUT2D eigenvalue weighted by molar-refractivity contribution is 8.27. The Morgan fingerprint density at radius 3 is 2.49 bits per heavy atom. The number of amides is 1. The minimum atomic E-state index is -1.06. The fraction of sp³-hybridized carbons (Fsp3) is 0.207. The first kappa shape index (κ1) is 26.4. The van der Waals surface area contributed by atoms with Gasteiger partial charge in [-0.15, -0.1) is 0 Å². The molecule has 190 valence electrons. The van der Waals surface area contributed by atoms with Gasteiger partial charge in [-0.1, -0.05) is 68.2 Å². The predicted molar refractivity (Wildman–Crippen MR) is 152 cm³/mol. The number of carboxylic acids is 1. The van der Waals surface area contributed by atoms with Crippen LogP contribution in [0.5, 0.6) is 11.5 Å². The first-order valence-electron chi connectivity index (χ1n) is 11.8. The maximum atomic E-state index is 13.0. The quantitative estimate of drug-likeness (QED) is 0.187. The van der Waals surface area contributed by atoms with Crippen molar-refractivity contribution in [2.45, 2.75) is 26.7 Å². The topological polar surface area (TPSA) is 76.1 Å². The van der Waals surface area contributed by atoms with Crippen LogP contribution in [0.1, 0.15) is 46.8 Å². The Kier molecular flexibility index (Phi) is 8.31. The highest BCUT2D eigenvalue weighted by atomic mass is 32.2. The molecule has 1 N–H and O–H groups in total. The molecule has 4 rings (SSSR count). The van der Waals surface area contributed by atoms with E-state index < -0.39 is 5.97 Å². The second-order valence-corrected chi connectivity index (χ2v) is 10.5. The lowest BCUT2D eigenvalue weighted by molar-refractivity contribution is -0.113. The fourth-order valence-corrected chi connectivity index (χ4v) is 5.13. The standard InChI is InChI=1S/C29H27NO5S2/c1-18(2)24-12-7-19(3)15-25(24)35-14-13-34-23-10-8-20(9-11-23)16-26-27(31)30(29(36)37-26)22-6-4-5-21(17-22)28(32)33/h4-12,15-18H,13-14H2,1-3H3,(H,32,33)/b26-16-. The van der Waals surface area contributed by atoms with Gasteiger partial charge in [-0.25, -0.2) is 4.79 Å². The molecule has 1 aliphatic rings. The normalized spacial score (nSPS) is 14.5. The number of hydrogen-bond donors (Lipinski definition) is 1. The summed E-state index contributed by atoms with van der Waals surface area (Å²) in [6.45, 7) is 7.16. The number of rotatable bonds is 9. The number of thioether (sulfide) groups is 1. The fourth-order valence-electron chi connectivity index (χ4n) is 3.83. The van der Waals surface area contributed by atoms with E-state index in [1.54, 1.807) is 18.2 Å². The average molecular weight is 534 g/mol. The zero-order valence-electron chi connectivity index (χ0n) is 20.8. The maximum Gasteiger partial charge on any atom is 0.335 e. The average Bonchev–Trinajstić information content (AvgIpc) is 3.15. The third kappa shape index (κ3) is 6.39. The first-order valence-corrected chi connectivity index (χ1v) is 13.0. The molecule has 0 spiro atoms. The van der Waals surface area contributed by atoms with Crippen molar-refractivity contribution < 1.29 is 24.2 Å². The number of hydrogen-bond acceptors (Lipinski definition) is 6. The van der Waals surface area contributed by atoms with Gasteiger partial charge in [0.2, 0.25) is 0 Å². The number of carbonyl (C=O) groups is 2. The molecule has 0 aliphatic carbocycles. The molecular weight excluding hydrogens is 506 g/mol. The molecule has 0 bridgehead atoms. The molecule has 8 heteroatoms. The van der Waals surface area contributed by atoms with Crippen LogP contribution in [0.2, 0.25) is 0 Å². The second-order valence-electron chi connectivity index (χ2n) is 8.83. The molecule has 0 atom stereocenters. The molecule has 0 radical (unpaired) electrons. The van der Waals surface area contributed by atoms with Crippen LogP contribution in [0, 0.1) is 6.92 Å². The number of aryl methyl sites for hydroxylation is 1. The summed E-state index contributed by atoms with van der Waals surface area (Å²) in [6, 6.07) is 19.8. The number of benzene rings is 3. The summed E-state index contributed by atoms with van der Waals surface area (Å²) >= 11 is 6.58. The molecule has 1 fully saturated rings. The Bertz CT molecular complexity index is 1360. The minimum absolute atomic E-state index is 0.0933. The van der Waals surface area contributed by atoms with Crippen molar-refractivity contribution in [3.05, 3.63) is 93.9 Å². The monoisotopic (exact) mass is 533 g/mol. The highest BCUT2D eigenvalue weighted by Gasteiger charge is 2.33. The molecule has 0 saturated carbocycles. The van der Waals surface area contributed by atoms with Gasteiger partial charge in [0.1, 0.15) is 24.7 Å². The van der Waals surface area contributed by atoms with E-state index in [-0.39, 0.29) is 11.5 Å². The molecule has 3 aromatic carbocycles. The minimum Gasteiger partial charge on any atom is -0.490 e. The summed E-state index contributed by atoms with van der Waals surface area (Å²) in [5.41, 5.74) is 3.68.